The number of methoxy groups -OCH3 is 1. The van der Waals surface area contributed by atoms with Gasteiger partial charge in [-0.15, -0.1) is 0 Å². The number of fused-ring (bicyclic) bond motifs is 1. The van der Waals surface area contributed by atoms with Gasteiger partial charge in [0.15, 0.2) is 0 Å². The van der Waals surface area contributed by atoms with E-state index in [-0.39, 0.29) is 11.9 Å². The zero-order chi connectivity index (χ0) is 14.1. The summed E-state index contributed by atoms with van der Waals surface area (Å²) in [5, 5.41) is 5.81. The standard InChI is InChI=1S/C15H17BrN2O2/c1-20-15(19)10-3-6-13(7-4-10)18-9-11-2-5-12(16)8-14(11)17-18/h2,5,8-10,13H,3-4,6-7H2,1H3/t10-,13-. The molecule has 1 aliphatic rings. The Balaban J connectivity index is 1.75. The van der Waals surface area contributed by atoms with Gasteiger partial charge in [0.1, 0.15) is 0 Å². The lowest BCUT2D eigenvalue weighted by molar-refractivity contribution is -0.146. The van der Waals surface area contributed by atoms with Crippen molar-refractivity contribution in [3.8, 4) is 0 Å². The van der Waals surface area contributed by atoms with E-state index in [1.165, 1.54) is 7.11 Å². The van der Waals surface area contributed by atoms with Crippen LogP contribution in [-0.2, 0) is 9.53 Å². The van der Waals surface area contributed by atoms with Crippen LogP contribution in [-0.4, -0.2) is 22.9 Å². The number of benzene rings is 1. The van der Waals surface area contributed by atoms with Crippen LogP contribution >= 0.6 is 15.9 Å². The summed E-state index contributed by atoms with van der Waals surface area (Å²) in [4.78, 5) is 11.5. The first-order valence-corrected chi connectivity index (χ1v) is 7.69. The van der Waals surface area contributed by atoms with Gasteiger partial charge in [-0.3, -0.25) is 9.48 Å². The number of rotatable bonds is 2. The predicted octanol–water partition coefficient (Wildman–Crippen LogP) is 3.70. The summed E-state index contributed by atoms with van der Waals surface area (Å²) in [6.45, 7) is 0. The first kappa shape index (κ1) is 13.6. The average Bonchev–Trinajstić information content (AvgIpc) is 2.89. The summed E-state index contributed by atoms with van der Waals surface area (Å²) >= 11 is 3.47. The summed E-state index contributed by atoms with van der Waals surface area (Å²) in [6, 6.07) is 6.53. The summed E-state index contributed by atoms with van der Waals surface area (Å²) in [5.41, 5.74) is 1.01. The molecule has 5 heteroatoms. The Bertz CT molecular complexity index is 630. The lowest BCUT2D eigenvalue weighted by atomic mass is 9.86. The molecule has 2 aromatic rings. The van der Waals surface area contributed by atoms with Crippen LogP contribution in [0.3, 0.4) is 0 Å². The number of carbonyl (C=O) groups is 1. The summed E-state index contributed by atoms with van der Waals surface area (Å²) < 4.78 is 7.93. The molecule has 0 unspecified atom stereocenters. The van der Waals surface area contributed by atoms with Crippen LogP contribution in [0, 0.1) is 5.92 Å². The zero-order valence-corrected chi connectivity index (χ0v) is 13.0. The van der Waals surface area contributed by atoms with Crippen molar-refractivity contribution in [1.82, 2.24) is 9.78 Å². The van der Waals surface area contributed by atoms with E-state index in [9.17, 15) is 4.79 Å². The lowest BCUT2D eigenvalue weighted by Gasteiger charge is -2.26. The molecule has 1 heterocycles. The van der Waals surface area contributed by atoms with Crippen LogP contribution in [0.5, 0.6) is 0 Å². The molecule has 1 aromatic carbocycles. The topological polar surface area (TPSA) is 44.1 Å². The Morgan fingerprint density at radius 2 is 2.10 bits per heavy atom. The van der Waals surface area contributed by atoms with Crippen LogP contribution < -0.4 is 0 Å². The summed E-state index contributed by atoms with van der Waals surface area (Å²) in [6.07, 6.45) is 5.84. The molecule has 1 fully saturated rings. The van der Waals surface area contributed by atoms with Crippen LogP contribution in [0.1, 0.15) is 31.7 Å². The van der Waals surface area contributed by atoms with Gasteiger partial charge in [-0.05, 0) is 37.8 Å². The second-order valence-corrected chi connectivity index (χ2v) is 6.26. The first-order chi connectivity index (χ1) is 9.67. The van der Waals surface area contributed by atoms with Crippen molar-refractivity contribution in [2.45, 2.75) is 31.7 Å². The molecule has 1 aromatic heterocycles. The number of halogens is 1. The van der Waals surface area contributed by atoms with Crippen molar-refractivity contribution in [3.63, 3.8) is 0 Å². The highest BCUT2D eigenvalue weighted by atomic mass is 79.9. The number of carbonyl (C=O) groups excluding carboxylic acids is 1. The molecular weight excluding hydrogens is 320 g/mol. The molecule has 0 spiro atoms. The van der Waals surface area contributed by atoms with E-state index >= 15 is 0 Å². The van der Waals surface area contributed by atoms with Crippen molar-refractivity contribution in [2.24, 2.45) is 5.92 Å². The maximum atomic E-state index is 11.5. The third-order valence-electron chi connectivity index (χ3n) is 4.09. The van der Waals surface area contributed by atoms with Crippen molar-refractivity contribution in [3.05, 3.63) is 28.9 Å². The normalized spacial score (nSPS) is 22.9. The highest BCUT2D eigenvalue weighted by Crippen LogP contribution is 2.33. The fourth-order valence-electron chi connectivity index (χ4n) is 2.94. The Morgan fingerprint density at radius 3 is 2.80 bits per heavy atom. The number of nitrogens with zero attached hydrogens (tertiary/aromatic N) is 2. The summed E-state index contributed by atoms with van der Waals surface area (Å²) in [5.74, 6) is -0.00613. The molecule has 1 saturated carbocycles. The number of aromatic nitrogens is 2. The van der Waals surface area contributed by atoms with Gasteiger partial charge in [-0.1, -0.05) is 22.0 Å². The van der Waals surface area contributed by atoms with Crippen LogP contribution in [0.4, 0.5) is 0 Å². The molecule has 0 saturated heterocycles. The molecule has 0 aliphatic heterocycles. The molecule has 106 valence electrons. The molecule has 0 atom stereocenters. The minimum Gasteiger partial charge on any atom is -0.469 e. The van der Waals surface area contributed by atoms with E-state index < -0.39 is 0 Å². The Kier molecular flexibility index (Phi) is 3.78. The number of esters is 1. The molecule has 4 nitrogen and oxygen atoms in total. The minimum atomic E-state index is -0.0713. The van der Waals surface area contributed by atoms with Gasteiger partial charge < -0.3 is 4.74 Å². The predicted molar refractivity (Wildman–Crippen MR) is 80.4 cm³/mol. The van der Waals surface area contributed by atoms with Gasteiger partial charge in [-0.25, -0.2) is 0 Å². The van der Waals surface area contributed by atoms with E-state index in [0.717, 1.165) is 41.1 Å². The van der Waals surface area contributed by atoms with Crippen LogP contribution in [0.15, 0.2) is 28.9 Å². The average molecular weight is 337 g/mol. The fourth-order valence-corrected chi connectivity index (χ4v) is 3.29. The van der Waals surface area contributed by atoms with Gasteiger partial charge in [-0.2, -0.15) is 5.10 Å². The second-order valence-electron chi connectivity index (χ2n) is 5.34. The quantitative estimate of drug-likeness (QED) is 0.785. The highest BCUT2D eigenvalue weighted by Gasteiger charge is 2.28. The van der Waals surface area contributed by atoms with Crippen molar-refractivity contribution >= 4 is 32.8 Å². The Morgan fingerprint density at radius 1 is 1.35 bits per heavy atom. The van der Waals surface area contributed by atoms with Gasteiger partial charge in [0.25, 0.3) is 0 Å². The first-order valence-electron chi connectivity index (χ1n) is 6.89. The third kappa shape index (κ3) is 2.59. The second kappa shape index (κ2) is 5.56. The van der Waals surface area contributed by atoms with Crippen LogP contribution in [0.2, 0.25) is 0 Å². The molecule has 1 aliphatic carbocycles. The maximum absolute atomic E-state index is 11.5. The van der Waals surface area contributed by atoms with Crippen molar-refractivity contribution < 1.29 is 9.53 Å². The molecular formula is C15H17BrN2O2. The van der Waals surface area contributed by atoms with Gasteiger partial charge in [0, 0.05) is 16.1 Å². The zero-order valence-electron chi connectivity index (χ0n) is 11.4. The highest BCUT2D eigenvalue weighted by molar-refractivity contribution is 9.10. The van der Waals surface area contributed by atoms with E-state index in [1.54, 1.807) is 0 Å². The fraction of sp³-hybridized carbons (Fsp3) is 0.467. The largest absolute Gasteiger partial charge is 0.469 e. The van der Waals surface area contributed by atoms with E-state index in [4.69, 9.17) is 4.74 Å². The molecule has 20 heavy (non-hydrogen) atoms. The van der Waals surface area contributed by atoms with Crippen molar-refractivity contribution in [1.29, 1.82) is 0 Å². The van der Waals surface area contributed by atoms with Gasteiger partial charge in [0.2, 0.25) is 0 Å². The van der Waals surface area contributed by atoms with Crippen molar-refractivity contribution in [2.75, 3.05) is 7.11 Å². The van der Waals surface area contributed by atoms with E-state index in [0.29, 0.717) is 6.04 Å². The molecule has 0 amide bonds. The Labute approximate surface area is 126 Å². The summed E-state index contributed by atoms with van der Waals surface area (Å²) in [7, 11) is 1.46. The number of hydrogen-bond acceptors (Lipinski definition) is 3. The number of ether oxygens (including phenoxy) is 1. The van der Waals surface area contributed by atoms with Gasteiger partial charge in [0.05, 0.1) is 24.6 Å². The Hall–Kier alpha value is -1.36. The molecule has 3 rings (SSSR count). The van der Waals surface area contributed by atoms with E-state index in [1.807, 2.05) is 12.1 Å². The third-order valence-corrected chi connectivity index (χ3v) is 4.59. The smallest absolute Gasteiger partial charge is 0.308 e. The monoisotopic (exact) mass is 336 g/mol. The van der Waals surface area contributed by atoms with Crippen LogP contribution in [0.25, 0.3) is 10.9 Å². The molecule has 0 N–H and O–H groups in total. The molecule has 0 bridgehead atoms. The van der Waals surface area contributed by atoms with Gasteiger partial charge >= 0.3 is 5.97 Å². The lowest BCUT2D eigenvalue weighted by Crippen LogP contribution is -2.24. The minimum absolute atomic E-state index is 0.0652. The SMILES string of the molecule is COC(=O)[C@H]1CC[C@H](n2cc3ccc(Br)cc3n2)CC1. The number of hydrogen-bond donors (Lipinski definition) is 0. The maximum Gasteiger partial charge on any atom is 0.308 e. The van der Waals surface area contributed by atoms with E-state index in [2.05, 4.69) is 38.0 Å². The molecule has 0 radical (unpaired) electrons.